The SMILES string of the molecule is COc1cc(/C=C(\C#N)c2nc3ccccc3s2)ccc1OCC(=O)Nc1ccc(Br)cc1. The molecule has 4 rings (SSSR count). The summed E-state index contributed by atoms with van der Waals surface area (Å²) in [5.74, 6) is 0.604. The van der Waals surface area contributed by atoms with Gasteiger partial charge < -0.3 is 14.8 Å². The first-order valence-corrected chi connectivity index (χ1v) is 11.5. The van der Waals surface area contributed by atoms with E-state index in [1.165, 1.54) is 18.4 Å². The van der Waals surface area contributed by atoms with Gasteiger partial charge in [0.25, 0.3) is 5.91 Å². The lowest BCUT2D eigenvalue weighted by atomic mass is 10.1. The molecule has 0 radical (unpaired) electrons. The summed E-state index contributed by atoms with van der Waals surface area (Å²) in [4.78, 5) is 16.8. The Hall–Kier alpha value is -3.67. The largest absolute Gasteiger partial charge is 0.493 e. The maximum absolute atomic E-state index is 12.2. The first-order valence-electron chi connectivity index (χ1n) is 9.90. The van der Waals surface area contributed by atoms with Crippen molar-refractivity contribution < 1.29 is 14.3 Å². The fourth-order valence-corrected chi connectivity index (χ4v) is 4.26. The van der Waals surface area contributed by atoms with Crippen molar-refractivity contribution in [1.29, 1.82) is 5.26 Å². The van der Waals surface area contributed by atoms with E-state index in [-0.39, 0.29) is 12.5 Å². The number of thiazole rings is 1. The lowest BCUT2D eigenvalue weighted by Gasteiger charge is -2.12. The van der Waals surface area contributed by atoms with Gasteiger partial charge in [-0.1, -0.05) is 34.1 Å². The lowest BCUT2D eigenvalue weighted by Crippen LogP contribution is -2.20. The van der Waals surface area contributed by atoms with Crippen LogP contribution >= 0.6 is 27.3 Å². The zero-order valence-corrected chi connectivity index (χ0v) is 19.9. The molecule has 1 aromatic heterocycles. The van der Waals surface area contributed by atoms with Crippen LogP contribution in [0, 0.1) is 11.3 Å². The molecule has 0 bridgehead atoms. The van der Waals surface area contributed by atoms with E-state index in [9.17, 15) is 10.1 Å². The van der Waals surface area contributed by atoms with Gasteiger partial charge in [-0.3, -0.25) is 4.79 Å². The van der Waals surface area contributed by atoms with Crippen LogP contribution in [0.1, 0.15) is 10.6 Å². The summed E-state index contributed by atoms with van der Waals surface area (Å²) in [6, 6.07) is 22.5. The number of amides is 1. The highest BCUT2D eigenvalue weighted by Crippen LogP contribution is 2.32. The number of allylic oxidation sites excluding steroid dienone is 1. The summed E-state index contributed by atoms with van der Waals surface area (Å²) in [5, 5.41) is 13.1. The maximum Gasteiger partial charge on any atom is 0.262 e. The number of nitrogens with zero attached hydrogens (tertiary/aromatic N) is 2. The maximum atomic E-state index is 12.2. The summed E-state index contributed by atoms with van der Waals surface area (Å²) < 4.78 is 13.0. The van der Waals surface area contributed by atoms with E-state index < -0.39 is 0 Å². The Morgan fingerprint density at radius 1 is 1.15 bits per heavy atom. The lowest BCUT2D eigenvalue weighted by molar-refractivity contribution is -0.118. The zero-order chi connectivity index (χ0) is 23.2. The van der Waals surface area contributed by atoms with Crippen molar-refractivity contribution in [3.05, 3.63) is 81.8 Å². The van der Waals surface area contributed by atoms with Gasteiger partial charge in [0, 0.05) is 10.2 Å². The van der Waals surface area contributed by atoms with Crippen LogP contribution in [0.15, 0.2) is 71.2 Å². The summed E-state index contributed by atoms with van der Waals surface area (Å²) in [6.07, 6.45) is 1.75. The number of carbonyl (C=O) groups excluding carboxylic acids is 1. The highest BCUT2D eigenvalue weighted by atomic mass is 79.9. The predicted molar refractivity (Wildman–Crippen MR) is 134 cm³/mol. The predicted octanol–water partition coefficient (Wildman–Crippen LogP) is 6.15. The molecule has 0 atom stereocenters. The molecule has 0 aliphatic rings. The fourth-order valence-electron chi connectivity index (χ4n) is 3.06. The second kappa shape index (κ2) is 10.3. The van der Waals surface area contributed by atoms with Crippen molar-refractivity contribution in [2.45, 2.75) is 0 Å². The number of methoxy groups -OCH3 is 1. The van der Waals surface area contributed by atoms with Gasteiger partial charge >= 0.3 is 0 Å². The van der Waals surface area contributed by atoms with Crippen molar-refractivity contribution in [2.24, 2.45) is 0 Å². The van der Waals surface area contributed by atoms with Gasteiger partial charge in [0.1, 0.15) is 11.1 Å². The third-order valence-corrected chi connectivity index (χ3v) is 6.23. The molecule has 1 N–H and O–H groups in total. The van der Waals surface area contributed by atoms with E-state index in [1.54, 1.807) is 36.4 Å². The number of hydrogen-bond acceptors (Lipinski definition) is 6. The number of benzene rings is 3. The molecule has 8 heteroatoms. The number of nitriles is 1. The highest BCUT2D eigenvalue weighted by molar-refractivity contribution is 9.10. The van der Waals surface area contributed by atoms with Crippen molar-refractivity contribution in [3.8, 4) is 17.6 Å². The van der Waals surface area contributed by atoms with Gasteiger partial charge in [-0.2, -0.15) is 5.26 Å². The van der Waals surface area contributed by atoms with Crippen LogP contribution < -0.4 is 14.8 Å². The Morgan fingerprint density at radius 2 is 1.94 bits per heavy atom. The Bertz CT molecular complexity index is 1340. The van der Waals surface area contributed by atoms with Crippen LogP contribution in [0.4, 0.5) is 5.69 Å². The molecule has 6 nitrogen and oxygen atoms in total. The molecule has 0 saturated heterocycles. The standard InChI is InChI=1S/C25H18BrN3O3S/c1-31-22-13-16(12-17(14-27)25-29-20-4-2-3-5-23(20)33-25)6-11-21(22)32-15-24(30)28-19-9-7-18(26)8-10-19/h2-13H,15H2,1H3,(H,28,30)/b17-12+. The van der Waals surface area contributed by atoms with Gasteiger partial charge in [-0.15, -0.1) is 11.3 Å². The molecule has 0 aliphatic carbocycles. The first kappa shape index (κ1) is 22.5. The Labute approximate surface area is 203 Å². The number of hydrogen-bond donors (Lipinski definition) is 1. The van der Waals surface area contributed by atoms with E-state index in [1.807, 2.05) is 36.4 Å². The van der Waals surface area contributed by atoms with E-state index in [2.05, 4.69) is 32.3 Å². The van der Waals surface area contributed by atoms with Gasteiger partial charge in [-0.25, -0.2) is 4.98 Å². The monoisotopic (exact) mass is 519 g/mol. The van der Waals surface area contributed by atoms with Gasteiger partial charge in [0.15, 0.2) is 18.1 Å². The molecular weight excluding hydrogens is 502 g/mol. The van der Waals surface area contributed by atoms with Crippen molar-refractivity contribution in [3.63, 3.8) is 0 Å². The van der Waals surface area contributed by atoms with E-state index >= 15 is 0 Å². The Kier molecular flexibility index (Phi) is 7.03. The van der Waals surface area contributed by atoms with Crippen LogP contribution in [-0.4, -0.2) is 24.6 Å². The number of ether oxygens (including phenoxy) is 2. The molecule has 1 amide bonds. The average Bonchev–Trinajstić information content (AvgIpc) is 3.27. The van der Waals surface area contributed by atoms with Gasteiger partial charge in [0.05, 0.1) is 22.9 Å². The van der Waals surface area contributed by atoms with Crippen LogP contribution in [-0.2, 0) is 4.79 Å². The number of aromatic nitrogens is 1. The van der Waals surface area contributed by atoms with Crippen molar-refractivity contribution >= 4 is 60.7 Å². The van der Waals surface area contributed by atoms with Crippen LogP contribution in [0.25, 0.3) is 21.9 Å². The molecule has 1 heterocycles. The van der Waals surface area contributed by atoms with E-state index in [0.717, 1.165) is 20.3 Å². The minimum Gasteiger partial charge on any atom is -0.493 e. The van der Waals surface area contributed by atoms with E-state index in [4.69, 9.17) is 9.47 Å². The summed E-state index contributed by atoms with van der Waals surface area (Å²) in [6.45, 7) is -0.170. The molecule has 33 heavy (non-hydrogen) atoms. The number of para-hydroxylation sites is 1. The minimum absolute atomic E-state index is 0.170. The summed E-state index contributed by atoms with van der Waals surface area (Å²) in [5.41, 5.74) is 2.76. The molecule has 0 unspecified atom stereocenters. The molecular formula is C25H18BrN3O3S. The Balaban J connectivity index is 1.48. The number of carbonyl (C=O) groups is 1. The molecule has 4 aromatic rings. The number of halogens is 1. The molecule has 0 fully saturated rings. The van der Waals surface area contributed by atoms with Gasteiger partial charge in [0.2, 0.25) is 0 Å². The summed E-state index contributed by atoms with van der Waals surface area (Å²) in [7, 11) is 1.52. The van der Waals surface area contributed by atoms with Crippen LogP contribution in [0.5, 0.6) is 11.5 Å². The first-order chi connectivity index (χ1) is 16.1. The van der Waals surface area contributed by atoms with Crippen LogP contribution in [0.3, 0.4) is 0 Å². The number of fused-ring (bicyclic) bond motifs is 1. The second-order valence-corrected chi connectivity index (χ2v) is 8.86. The minimum atomic E-state index is -0.286. The molecule has 0 saturated carbocycles. The molecule has 3 aromatic carbocycles. The third kappa shape index (κ3) is 5.58. The molecule has 164 valence electrons. The van der Waals surface area contributed by atoms with Gasteiger partial charge in [-0.05, 0) is 60.2 Å². The normalized spacial score (nSPS) is 11.1. The number of anilines is 1. The second-order valence-electron chi connectivity index (χ2n) is 6.91. The summed E-state index contributed by atoms with van der Waals surface area (Å²) >= 11 is 4.83. The van der Waals surface area contributed by atoms with E-state index in [0.29, 0.717) is 27.8 Å². The zero-order valence-electron chi connectivity index (χ0n) is 17.5. The highest BCUT2D eigenvalue weighted by Gasteiger charge is 2.12. The van der Waals surface area contributed by atoms with Crippen molar-refractivity contribution in [1.82, 2.24) is 4.98 Å². The molecule has 0 spiro atoms. The third-order valence-electron chi connectivity index (χ3n) is 4.63. The Morgan fingerprint density at radius 3 is 2.67 bits per heavy atom. The topological polar surface area (TPSA) is 84.2 Å². The fraction of sp³-hybridized carbons (Fsp3) is 0.0800. The number of rotatable bonds is 7. The average molecular weight is 520 g/mol. The number of nitrogens with one attached hydrogen (secondary N) is 1. The van der Waals surface area contributed by atoms with Crippen molar-refractivity contribution in [2.75, 3.05) is 19.0 Å². The molecule has 0 aliphatic heterocycles. The quantitative estimate of drug-likeness (QED) is 0.296. The smallest absolute Gasteiger partial charge is 0.262 e. The van der Waals surface area contributed by atoms with Crippen LogP contribution in [0.2, 0.25) is 0 Å².